The summed E-state index contributed by atoms with van der Waals surface area (Å²) in [5, 5.41) is 5.85. The zero-order valence-corrected chi connectivity index (χ0v) is 19.4. The van der Waals surface area contributed by atoms with E-state index in [-0.39, 0.29) is 40.8 Å². The average molecular weight is 482 g/mol. The summed E-state index contributed by atoms with van der Waals surface area (Å²) >= 11 is 1.65. The van der Waals surface area contributed by atoms with Crippen LogP contribution in [0, 0.1) is 11.6 Å². The number of anilines is 4. The maximum Gasteiger partial charge on any atom is 0.252 e. The van der Waals surface area contributed by atoms with Crippen molar-refractivity contribution < 1.29 is 18.3 Å². The molecule has 9 nitrogen and oxygen atoms in total. The number of nitrogens with two attached hydrogens (primary N) is 2. The van der Waals surface area contributed by atoms with Crippen LogP contribution in [-0.4, -0.2) is 66.3 Å². The van der Waals surface area contributed by atoms with Gasteiger partial charge >= 0.3 is 0 Å². The molecule has 12 heteroatoms. The first-order valence-corrected chi connectivity index (χ1v) is 12.0. The van der Waals surface area contributed by atoms with Crippen LogP contribution < -0.4 is 27.0 Å². The third-order valence-corrected chi connectivity index (χ3v) is 5.87. The molecule has 1 amide bonds. The number of carbonyl (C=O) groups excluding carboxylic acids is 1. The molecular formula is C21H29F2N7O2S. The van der Waals surface area contributed by atoms with Crippen LogP contribution in [0.3, 0.4) is 0 Å². The highest BCUT2D eigenvalue weighted by Crippen LogP contribution is 2.27. The van der Waals surface area contributed by atoms with Crippen LogP contribution in [0.1, 0.15) is 23.7 Å². The molecule has 2 aromatic rings. The average Bonchev–Trinajstić information content (AvgIpc) is 2.78. The van der Waals surface area contributed by atoms with Crippen LogP contribution in [0.2, 0.25) is 0 Å². The Morgan fingerprint density at radius 3 is 2.61 bits per heavy atom. The van der Waals surface area contributed by atoms with Crippen LogP contribution in [-0.2, 0) is 4.74 Å². The Hall–Kier alpha value is -2.70. The molecule has 2 atom stereocenters. The summed E-state index contributed by atoms with van der Waals surface area (Å²) in [7, 11) is 0. The molecule has 0 bridgehead atoms. The molecule has 0 aromatic carbocycles. The molecule has 0 radical (unpaired) electrons. The van der Waals surface area contributed by atoms with Crippen molar-refractivity contribution in [2.24, 2.45) is 11.5 Å². The Balaban J connectivity index is 1.87. The maximum absolute atomic E-state index is 14.7. The van der Waals surface area contributed by atoms with E-state index in [2.05, 4.69) is 20.6 Å². The van der Waals surface area contributed by atoms with Gasteiger partial charge in [0.25, 0.3) is 5.91 Å². The van der Waals surface area contributed by atoms with Crippen molar-refractivity contribution in [3.8, 4) is 0 Å². The fraction of sp³-hybridized carbons (Fsp3) is 0.476. The maximum atomic E-state index is 14.7. The van der Waals surface area contributed by atoms with Crippen LogP contribution in [0.4, 0.5) is 31.9 Å². The number of hydrogen-bond acceptors (Lipinski definition) is 9. The molecule has 3 rings (SSSR count). The molecule has 2 aromatic heterocycles. The molecule has 1 saturated heterocycles. The van der Waals surface area contributed by atoms with Crippen LogP contribution in [0.15, 0.2) is 18.3 Å². The summed E-state index contributed by atoms with van der Waals surface area (Å²) in [5.41, 5.74) is 11.5. The number of pyridine rings is 2. The SMILES string of the molecule is CSCC[C@@H](Nc1nc(Nc2cnc(N3CCOCC3)c(F)c2)c(C(N)=O)cc1F)[C@H](C)N. The van der Waals surface area contributed by atoms with Gasteiger partial charge in [-0.25, -0.2) is 18.7 Å². The highest BCUT2D eigenvalue weighted by Gasteiger charge is 2.21. The molecular weight excluding hydrogens is 452 g/mol. The topological polar surface area (TPSA) is 131 Å². The van der Waals surface area contributed by atoms with Crippen LogP contribution >= 0.6 is 11.8 Å². The van der Waals surface area contributed by atoms with Crippen molar-refractivity contribution in [3.63, 3.8) is 0 Å². The summed E-state index contributed by atoms with van der Waals surface area (Å²) in [6.45, 7) is 3.88. The zero-order chi connectivity index (χ0) is 24.0. The van der Waals surface area contributed by atoms with Gasteiger partial charge in [-0.15, -0.1) is 0 Å². The summed E-state index contributed by atoms with van der Waals surface area (Å²) in [6.07, 6.45) is 4.08. The monoisotopic (exact) mass is 481 g/mol. The van der Waals surface area contributed by atoms with E-state index in [1.807, 2.05) is 13.2 Å². The smallest absolute Gasteiger partial charge is 0.252 e. The molecule has 0 aliphatic carbocycles. The van der Waals surface area contributed by atoms with Gasteiger partial charge < -0.3 is 31.7 Å². The van der Waals surface area contributed by atoms with Gasteiger partial charge in [0.1, 0.15) is 5.82 Å². The minimum Gasteiger partial charge on any atom is -0.378 e. The van der Waals surface area contributed by atoms with Gasteiger partial charge in [-0.1, -0.05) is 0 Å². The Morgan fingerprint density at radius 1 is 1.27 bits per heavy atom. The Kier molecular flexibility index (Phi) is 8.64. The lowest BCUT2D eigenvalue weighted by Crippen LogP contribution is -2.39. The second-order valence-corrected chi connectivity index (χ2v) is 8.71. The first-order chi connectivity index (χ1) is 15.8. The Bertz CT molecular complexity index is 974. The minimum absolute atomic E-state index is 0.0139. The quantitative estimate of drug-likeness (QED) is 0.404. The molecule has 1 fully saturated rings. The number of aromatic nitrogens is 2. The lowest BCUT2D eigenvalue weighted by atomic mass is 10.1. The number of hydrogen-bond donors (Lipinski definition) is 4. The Labute approximate surface area is 195 Å². The standard InChI is InChI=1S/C21H29F2N7O2S/c1-12(24)17(3-8-33-2)28-20-15(22)10-14(18(25)31)19(29-20)27-13-9-16(23)21(26-11-13)30-4-6-32-7-5-30/h9-12,17H,3-8,24H2,1-2H3,(H2,25,31)(H2,27,28,29)/t12-,17+/m0/s1. The van der Waals surface area contributed by atoms with E-state index in [0.717, 1.165) is 11.8 Å². The molecule has 0 spiro atoms. The first-order valence-electron chi connectivity index (χ1n) is 10.6. The summed E-state index contributed by atoms with van der Waals surface area (Å²) in [4.78, 5) is 22.1. The molecule has 6 N–H and O–H groups in total. The number of nitrogens with zero attached hydrogens (tertiary/aromatic N) is 3. The lowest BCUT2D eigenvalue weighted by molar-refractivity contribution is 0.100. The number of halogens is 2. The van der Waals surface area contributed by atoms with Gasteiger partial charge in [-0.05, 0) is 31.4 Å². The number of rotatable bonds is 10. The van der Waals surface area contributed by atoms with E-state index < -0.39 is 17.5 Å². The van der Waals surface area contributed by atoms with Crippen LogP contribution in [0.5, 0.6) is 0 Å². The number of carbonyl (C=O) groups is 1. The van der Waals surface area contributed by atoms with Crippen molar-refractivity contribution in [1.29, 1.82) is 0 Å². The van der Waals surface area contributed by atoms with Crippen molar-refractivity contribution in [2.75, 3.05) is 53.8 Å². The van der Waals surface area contributed by atoms with E-state index in [4.69, 9.17) is 16.2 Å². The van der Waals surface area contributed by atoms with Gasteiger partial charge in [0, 0.05) is 31.2 Å². The van der Waals surface area contributed by atoms with Crippen molar-refractivity contribution in [1.82, 2.24) is 9.97 Å². The normalized spacial score (nSPS) is 15.7. The summed E-state index contributed by atoms with van der Waals surface area (Å²) in [6, 6.07) is 1.73. The number of ether oxygens (including phenoxy) is 1. The molecule has 1 aliphatic heterocycles. The predicted molar refractivity (Wildman–Crippen MR) is 127 cm³/mol. The third kappa shape index (κ3) is 6.42. The van der Waals surface area contributed by atoms with Crippen molar-refractivity contribution in [2.45, 2.75) is 25.4 Å². The highest BCUT2D eigenvalue weighted by molar-refractivity contribution is 7.98. The zero-order valence-electron chi connectivity index (χ0n) is 18.6. The van der Waals surface area contributed by atoms with Gasteiger partial charge in [0.15, 0.2) is 23.3 Å². The molecule has 0 saturated carbocycles. The number of nitrogens with one attached hydrogen (secondary N) is 2. The molecule has 0 unspecified atom stereocenters. The van der Waals surface area contributed by atoms with E-state index in [1.165, 1.54) is 12.3 Å². The molecule has 1 aliphatic rings. The number of amides is 1. The summed E-state index contributed by atoms with van der Waals surface area (Å²) in [5.74, 6) is -1.22. The number of thioether (sulfide) groups is 1. The van der Waals surface area contributed by atoms with Gasteiger partial charge in [0.2, 0.25) is 0 Å². The van der Waals surface area contributed by atoms with Gasteiger partial charge in [0.05, 0.1) is 30.7 Å². The fourth-order valence-electron chi connectivity index (χ4n) is 3.40. The van der Waals surface area contributed by atoms with Crippen LogP contribution in [0.25, 0.3) is 0 Å². The molecule has 3 heterocycles. The van der Waals surface area contributed by atoms with E-state index in [9.17, 15) is 13.6 Å². The number of primary amides is 1. The fourth-order valence-corrected chi connectivity index (χ4v) is 3.89. The molecule has 180 valence electrons. The third-order valence-electron chi connectivity index (χ3n) is 5.23. The lowest BCUT2D eigenvalue weighted by Gasteiger charge is -2.28. The van der Waals surface area contributed by atoms with Crippen molar-refractivity contribution >= 4 is 40.8 Å². The summed E-state index contributed by atoms with van der Waals surface area (Å²) < 4.78 is 34.7. The van der Waals surface area contributed by atoms with E-state index in [1.54, 1.807) is 16.7 Å². The largest absolute Gasteiger partial charge is 0.378 e. The van der Waals surface area contributed by atoms with E-state index in [0.29, 0.717) is 32.7 Å². The minimum atomic E-state index is -0.875. The van der Waals surface area contributed by atoms with E-state index >= 15 is 0 Å². The molecule has 33 heavy (non-hydrogen) atoms. The predicted octanol–water partition coefficient (Wildman–Crippen LogP) is 2.31. The van der Waals surface area contributed by atoms with Crippen molar-refractivity contribution in [3.05, 3.63) is 35.5 Å². The second kappa shape index (κ2) is 11.4. The van der Waals surface area contributed by atoms with Gasteiger partial charge in [-0.2, -0.15) is 11.8 Å². The Morgan fingerprint density at radius 2 is 2.00 bits per heavy atom. The highest BCUT2D eigenvalue weighted by atomic mass is 32.2. The van der Waals surface area contributed by atoms with Gasteiger partial charge in [-0.3, -0.25) is 4.79 Å². The first kappa shape index (κ1) is 24.9. The second-order valence-electron chi connectivity index (χ2n) is 7.72. The number of morpholine rings is 1.